The Morgan fingerprint density at radius 1 is 0.684 bits per heavy atom. The van der Waals surface area contributed by atoms with E-state index >= 15 is 0 Å². The first kappa shape index (κ1) is 19.0. The maximum absolute atomic E-state index is 2.13. The molecule has 19 heavy (non-hydrogen) atoms. The van der Waals surface area contributed by atoms with Crippen LogP contribution in [0.25, 0.3) is 0 Å². The molecule has 0 bridgehead atoms. The standard InChI is InChI=1S/C16H17N.2Na/c1-17(2)16-12-10-15(11-13-16)9-8-14-6-4-3-5-7-14;;/h3-13H,1-2H3;;/q-2;2*+1. The summed E-state index contributed by atoms with van der Waals surface area (Å²) in [6, 6.07) is 18.9. The Bertz CT molecular complexity index is 452. The molecule has 2 aromatic carbocycles. The Morgan fingerprint density at radius 2 is 1.16 bits per heavy atom. The van der Waals surface area contributed by atoms with Crippen molar-refractivity contribution in [3.63, 3.8) is 0 Å². The van der Waals surface area contributed by atoms with E-state index < -0.39 is 0 Å². The molecule has 0 aliphatic heterocycles. The minimum absolute atomic E-state index is 0. The molecule has 88 valence electrons. The summed E-state index contributed by atoms with van der Waals surface area (Å²) in [6.07, 6.45) is 4.26. The minimum atomic E-state index is 0. The molecule has 2 rings (SSSR count). The molecule has 0 unspecified atom stereocenters. The summed E-state index contributed by atoms with van der Waals surface area (Å²) in [5, 5.41) is 0. The van der Waals surface area contributed by atoms with E-state index in [0.717, 1.165) is 0 Å². The summed E-state index contributed by atoms with van der Waals surface area (Å²) in [5.41, 5.74) is 3.67. The first-order valence-electron chi connectivity index (χ1n) is 5.76. The average Bonchev–Trinajstić information content (AvgIpc) is 2.38. The zero-order valence-corrected chi connectivity index (χ0v) is 16.3. The maximum Gasteiger partial charge on any atom is 1.00 e. The molecule has 0 spiro atoms. The van der Waals surface area contributed by atoms with Crippen LogP contribution in [-0.4, -0.2) is 14.1 Å². The van der Waals surface area contributed by atoms with Gasteiger partial charge in [0, 0.05) is 19.8 Å². The molecule has 0 heterocycles. The van der Waals surface area contributed by atoms with Gasteiger partial charge in [-0.25, -0.2) is 18.4 Å². The number of rotatable bonds is 4. The van der Waals surface area contributed by atoms with Crippen LogP contribution >= 0.6 is 0 Å². The van der Waals surface area contributed by atoms with Gasteiger partial charge in [0.15, 0.2) is 0 Å². The monoisotopic (exact) mass is 269 g/mol. The molecule has 0 saturated carbocycles. The predicted octanol–water partition coefficient (Wildman–Crippen LogP) is -2.43. The van der Waals surface area contributed by atoms with E-state index in [1.165, 1.54) is 16.8 Å². The van der Waals surface area contributed by atoms with Crippen LogP contribution in [0.3, 0.4) is 0 Å². The van der Waals surface area contributed by atoms with Gasteiger partial charge in [0.05, 0.1) is 0 Å². The second-order valence-corrected chi connectivity index (χ2v) is 4.23. The quantitative estimate of drug-likeness (QED) is 0.441. The molecule has 0 radical (unpaired) electrons. The molecule has 1 nitrogen and oxygen atoms in total. The van der Waals surface area contributed by atoms with E-state index in [1.807, 2.05) is 6.07 Å². The molecule has 0 amide bonds. The number of benzene rings is 2. The summed E-state index contributed by atoms with van der Waals surface area (Å²) in [5.74, 6) is 0. The normalized spacial score (nSPS) is 8.74. The molecule has 0 aliphatic rings. The molecule has 0 aliphatic carbocycles. The third kappa shape index (κ3) is 6.31. The van der Waals surface area contributed by atoms with Crippen LogP contribution in [-0.2, 0) is 0 Å². The second kappa shape index (κ2) is 9.82. The summed E-state index contributed by atoms with van der Waals surface area (Å²) < 4.78 is 0. The molecule has 0 aromatic heterocycles. The smallest absolute Gasteiger partial charge is 0.379 e. The summed E-state index contributed by atoms with van der Waals surface area (Å²) >= 11 is 0. The van der Waals surface area contributed by atoms with Crippen LogP contribution in [0.4, 0.5) is 5.69 Å². The zero-order valence-electron chi connectivity index (χ0n) is 12.3. The minimum Gasteiger partial charge on any atom is -0.379 e. The summed E-state index contributed by atoms with van der Waals surface area (Å²) in [6.45, 7) is 0. The van der Waals surface area contributed by atoms with Crippen LogP contribution < -0.4 is 64.0 Å². The van der Waals surface area contributed by atoms with Gasteiger partial charge < -0.3 is 4.90 Å². The van der Waals surface area contributed by atoms with Gasteiger partial charge in [-0.15, -0.1) is 12.1 Å². The molecule has 0 atom stereocenters. The van der Waals surface area contributed by atoms with Gasteiger partial charge in [-0.1, -0.05) is 18.2 Å². The summed E-state index contributed by atoms with van der Waals surface area (Å²) in [7, 11) is 4.10. The van der Waals surface area contributed by atoms with Crippen molar-refractivity contribution in [2.24, 2.45) is 0 Å². The number of hydrogen-bond acceptors (Lipinski definition) is 1. The third-order valence-electron chi connectivity index (χ3n) is 2.68. The second-order valence-electron chi connectivity index (χ2n) is 4.23. The van der Waals surface area contributed by atoms with E-state index in [1.54, 1.807) is 0 Å². The Balaban J connectivity index is 0.00000162. The fourth-order valence-corrected chi connectivity index (χ4v) is 1.64. The van der Waals surface area contributed by atoms with Crippen molar-refractivity contribution in [1.82, 2.24) is 0 Å². The average molecular weight is 269 g/mol. The summed E-state index contributed by atoms with van der Waals surface area (Å²) in [4.78, 5) is 2.10. The number of nitrogens with zero attached hydrogens (tertiary/aromatic N) is 1. The van der Waals surface area contributed by atoms with Gasteiger partial charge >= 0.3 is 59.1 Å². The van der Waals surface area contributed by atoms with E-state index in [0.29, 0.717) is 0 Å². The van der Waals surface area contributed by atoms with Crippen LogP contribution in [0.1, 0.15) is 11.1 Å². The SMILES string of the molecule is CN(C)c1ccc([CH-][CH-]c2ccccc2)cc1.[Na+].[Na+]. The van der Waals surface area contributed by atoms with Crippen molar-refractivity contribution >= 4 is 5.69 Å². The molecule has 0 N–H and O–H groups in total. The largest absolute Gasteiger partial charge is 1.00 e. The Hall–Kier alpha value is -0.0200. The number of anilines is 1. The van der Waals surface area contributed by atoms with Crippen molar-refractivity contribution in [3.8, 4) is 0 Å². The van der Waals surface area contributed by atoms with Crippen molar-refractivity contribution in [3.05, 3.63) is 78.6 Å². The van der Waals surface area contributed by atoms with E-state index in [2.05, 4.69) is 80.4 Å². The van der Waals surface area contributed by atoms with Crippen molar-refractivity contribution in [2.75, 3.05) is 19.0 Å². The van der Waals surface area contributed by atoms with Crippen molar-refractivity contribution in [2.45, 2.75) is 0 Å². The van der Waals surface area contributed by atoms with Gasteiger partial charge in [-0.3, -0.25) is 0 Å². The van der Waals surface area contributed by atoms with E-state index in [-0.39, 0.29) is 59.1 Å². The first-order valence-corrected chi connectivity index (χ1v) is 5.76. The van der Waals surface area contributed by atoms with Crippen molar-refractivity contribution < 1.29 is 59.1 Å². The molecule has 0 saturated heterocycles. The van der Waals surface area contributed by atoms with E-state index in [9.17, 15) is 0 Å². The fraction of sp³-hybridized carbons (Fsp3) is 0.125. The van der Waals surface area contributed by atoms with Crippen molar-refractivity contribution in [1.29, 1.82) is 0 Å². The maximum atomic E-state index is 2.13. The van der Waals surface area contributed by atoms with Crippen LogP contribution in [0.2, 0.25) is 0 Å². The van der Waals surface area contributed by atoms with Crippen LogP contribution in [0.5, 0.6) is 0 Å². The van der Waals surface area contributed by atoms with Gasteiger partial charge in [0.25, 0.3) is 0 Å². The Morgan fingerprint density at radius 3 is 1.63 bits per heavy atom. The first-order chi connectivity index (χ1) is 8.25. The van der Waals surface area contributed by atoms with Crippen LogP contribution in [0.15, 0.2) is 54.6 Å². The fourth-order valence-electron chi connectivity index (χ4n) is 1.64. The topological polar surface area (TPSA) is 3.24 Å². The molecule has 2 aromatic rings. The molecule has 3 heteroatoms. The molecule has 0 fully saturated rings. The van der Waals surface area contributed by atoms with Gasteiger partial charge in [-0.2, -0.15) is 29.8 Å². The van der Waals surface area contributed by atoms with Gasteiger partial charge in [0.2, 0.25) is 0 Å². The zero-order chi connectivity index (χ0) is 12.1. The number of hydrogen-bond donors (Lipinski definition) is 0. The van der Waals surface area contributed by atoms with Gasteiger partial charge in [0.1, 0.15) is 0 Å². The molecular formula is C16H17NNa2. The van der Waals surface area contributed by atoms with E-state index in [4.69, 9.17) is 0 Å². The Labute approximate surface area is 161 Å². The van der Waals surface area contributed by atoms with Gasteiger partial charge in [-0.05, 0) is 0 Å². The van der Waals surface area contributed by atoms with Crippen LogP contribution in [0, 0.1) is 12.8 Å². The third-order valence-corrected chi connectivity index (χ3v) is 2.68. The molecular weight excluding hydrogens is 252 g/mol. The predicted molar refractivity (Wildman–Crippen MR) is 74.0 cm³/mol. The Kier molecular flexibility index (Phi) is 9.81.